The number of carbonyl (C=O) groups is 1. The molecule has 2 heterocycles. The molecule has 7 heteroatoms. The molecule has 2 aromatic heterocycles. The van der Waals surface area contributed by atoms with E-state index >= 15 is 0 Å². The van der Waals surface area contributed by atoms with Crippen LogP contribution in [0.5, 0.6) is 0 Å². The van der Waals surface area contributed by atoms with Crippen LogP contribution in [0.25, 0.3) is 10.2 Å². The van der Waals surface area contributed by atoms with Crippen LogP contribution in [-0.4, -0.2) is 39.6 Å². The first-order valence-corrected chi connectivity index (χ1v) is 9.85. The molecule has 2 aromatic rings. The maximum Gasteiger partial charge on any atom is 0.235 e. The van der Waals surface area contributed by atoms with E-state index in [0.717, 1.165) is 28.1 Å². The van der Waals surface area contributed by atoms with Gasteiger partial charge in [-0.1, -0.05) is 11.8 Å². The van der Waals surface area contributed by atoms with Crippen molar-refractivity contribution in [1.82, 2.24) is 14.9 Å². The molecule has 0 radical (unpaired) electrons. The molecular weight excluding hydrogens is 340 g/mol. The summed E-state index contributed by atoms with van der Waals surface area (Å²) in [6.07, 6.45) is 6.63. The highest BCUT2D eigenvalue weighted by molar-refractivity contribution is 8.00. The van der Waals surface area contributed by atoms with E-state index in [9.17, 15) is 4.79 Å². The van der Waals surface area contributed by atoms with Crippen molar-refractivity contribution in [2.45, 2.75) is 49.3 Å². The number of nitriles is 1. The smallest absolute Gasteiger partial charge is 0.235 e. The van der Waals surface area contributed by atoms with Gasteiger partial charge in [0.05, 0.1) is 17.7 Å². The van der Waals surface area contributed by atoms with Gasteiger partial charge in [-0.05, 0) is 38.2 Å². The summed E-state index contributed by atoms with van der Waals surface area (Å²) < 4.78 is 0. The van der Waals surface area contributed by atoms with E-state index in [2.05, 4.69) is 16.0 Å². The van der Waals surface area contributed by atoms with E-state index in [-0.39, 0.29) is 11.2 Å². The minimum Gasteiger partial charge on any atom is -0.344 e. The standard InChI is InChI=1S/C17H20N4OS2/c1-11(17(22)21(2)9-5-8-18)23-15-14-12-6-3-4-7-13(12)24-16(14)20-10-19-15/h10-11H,3-7,9H2,1-2H3/t11-/m1/s1. The molecule has 0 aromatic carbocycles. The van der Waals surface area contributed by atoms with Crippen molar-refractivity contribution in [1.29, 1.82) is 5.26 Å². The Kier molecular flexibility index (Phi) is 5.36. The van der Waals surface area contributed by atoms with Crippen LogP contribution in [0.15, 0.2) is 11.4 Å². The van der Waals surface area contributed by atoms with Crippen molar-refractivity contribution in [2.24, 2.45) is 0 Å². The van der Waals surface area contributed by atoms with Gasteiger partial charge in [-0.15, -0.1) is 11.3 Å². The number of hydrogen-bond donors (Lipinski definition) is 0. The summed E-state index contributed by atoms with van der Waals surface area (Å²) in [6, 6.07) is 2.08. The number of aryl methyl sites for hydroxylation is 2. The molecule has 1 aliphatic carbocycles. The van der Waals surface area contributed by atoms with Crippen LogP contribution in [0, 0.1) is 11.3 Å². The number of rotatable bonds is 5. The zero-order valence-electron chi connectivity index (χ0n) is 13.9. The summed E-state index contributed by atoms with van der Waals surface area (Å²) >= 11 is 3.27. The monoisotopic (exact) mass is 360 g/mol. The Hall–Kier alpha value is -1.65. The van der Waals surface area contributed by atoms with E-state index in [4.69, 9.17) is 5.26 Å². The molecule has 5 nitrogen and oxygen atoms in total. The largest absolute Gasteiger partial charge is 0.344 e. The van der Waals surface area contributed by atoms with Gasteiger partial charge in [-0.2, -0.15) is 5.26 Å². The Morgan fingerprint density at radius 2 is 2.25 bits per heavy atom. The SMILES string of the molecule is C[C@@H](Sc1ncnc2sc3c(c12)CCCC3)C(=O)N(C)CCC#N. The van der Waals surface area contributed by atoms with Gasteiger partial charge >= 0.3 is 0 Å². The summed E-state index contributed by atoms with van der Waals surface area (Å²) in [5.41, 5.74) is 1.39. The Bertz CT molecular complexity index is 796. The molecule has 1 atom stereocenters. The Morgan fingerprint density at radius 1 is 1.46 bits per heavy atom. The number of thioether (sulfide) groups is 1. The number of carbonyl (C=O) groups excluding carboxylic acids is 1. The van der Waals surface area contributed by atoms with Crippen LogP contribution in [0.4, 0.5) is 0 Å². The molecule has 0 saturated heterocycles. The molecule has 0 saturated carbocycles. The normalized spacial score (nSPS) is 14.9. The topological polar surface area (TPSA) is 69.9 Å². The highest BCUT2D eigenvalue weighted by Crippen LogP contribution is 2.40. The predicted molar refractivity (Wildman–Crippen MR) is 97.2 cm³/mol. The third kappa shape index (κ3) is 3.40. The number of amides is 1. The van der Waals surface area contributed by atoms with Crippen molar-refractivity contribution in [3.05, 3.63) is 16.8 Å². The van der Waals surface area contributed by atoms with Crippen LogP contribution in [-0.2, 0) is 17.6 Å². The van der Waals surface area contributed by atoms with E-state index in [1.807, 2.05) is 6.92 Å². The number of aromatic nitrogens is 2. The quantitative estimate of drug-likeness (QED) is 0.603. The van der Waals surface area contributed by atoms with Crippen molar-refractivity contribution in [3.63, 3.8) is 0 Å². The lowest BCUT2D eigenvalue weighted by molar-refractivity contribution is -0.128. The predicted octanol–water partition coefficient (Wildman–Crippen LogP) is 3.42. The highest BCUT2D eigenvalue weighted by Gasteiger charge is 2.24. The van der Waals surface area contributed by atoms with Crippen LogP contribution >= 0.6 is 23.1 Å². The Labute approximate surface area is 150 Å². The number of fused-ring (bicyclic) bond motifs is 3. The second-order valence-corrected chi connectivity index (χ2v) is 8.41. The summed E-state index contributed by atoms with van der Waals surface area (Å²) in [5, 5.41) is 10.5. The van der Waals surface area contributed by atoms with Crippen molar-refractivity contribution < 1.29 is 4.79 Å². The van der Waals surface area contributed by atoms with Crippen LogP contribution in [0.1, 0.15) is 36.6 Å². The molecule has 24 heavy (non-hydrogen) atoms. The molecule has 1 amide bonds. The molecule has 0 N–H and O–H groups in total. The molecule has 0 spiro atoms. The zero-order valence-corrected chi connectivity index (χ0v) is 15.5. The third-order valence-corrected chi connectivity index (χ3v) is 6.58. The zero-order chi connectivity index (χ0) is 17.1. The third-order valence-electron chi connectivity index (χ3n) is 4.29. The second kappa shape index (κ2) is 7.49. The molecule has 126 valence electrons. The molecule has 3 rings (SSSR count). The van der Waals surface area contributed by atoms with E-state index < -0.39 is 0 Å². The maximum absolute atomic E-state index is 12.5. The summed E-state index contributed by atoms with van der Waals surface area (Å²) in [6.45, 7) is 2.37. The summed E-state index contributed by atoms with van der Waals surface area (Å²) in [5.74, 6) is 0.0334. The summed E-state index contributed by atoms with van der Waals surface area (Å²) in [4.78, 5) is 25.5. The van der Waals surface area contributed by atoms with Crippen molar-refractivity contribution in [3.8, 4) is 6.07 Å². The molecular formula is C17H20N4OS2. The van der Waals surface area contributed by atoms with Gasteiger partial charge in [-0.3, -0.25) is 4.79 Å². The molecule has 0 unspecified atom stereocenters. The fraction of sp³-hybridized carbons (Fsp3) is 0.529. The molecule has 0 bridgehead atoms. The van der Waals surface area contributed by atoms with E-state index in [0.29, 0.717) is 13.0 Å². The first kappa shape index (κ1) is 17.2. The van der Waals surface area contributed by atoms with Crippen molar-refractivity contribution in [2.75, 3.05) is 13.6 Å². The average molecular weight is 361 g/mol. The lowest BCUT2D eigenvalue weighted by atomic mass is 9.97. The number of thiophene rings is 1. The number of nitrogens with zero attached hydrogens (tertiary/aromatic N) is 4. The van der Waals surface area contributed by atoms with Gasteiger partial charge < -0.3 is 4.90 Å². The fourth-order valence-electron chi connectivity index (χ4n) is 3.01. The molecule has 0 aliphatic heterocycles. The van der Waals surface area contributed by atoms with Gasteiger partial charge in [0.15, 0.2) is 0 Å². The van der Waals surface area contributed by atoms with Crippen molar-refractivity contribution >= 4 is 39.2 Å². The Balaban J connectivity index is 1.83. The van der Waals surface area contributed by atoms with Gasteiger partial charge in [0, 0.05) is 23.9 Å². The lowest BCUT2D eigenvalue weighted by Crippen LogP contribution is -2.33. The van der Waals surface area contributed by atoms with Gasteiger partial charge in [0.25, 0.3) is 0 Å². The van der Waals surface area contributed by atoms with E-state index in [1.165, 1.54) is 35.0 Å². The highest BCUT2D eigenvalue weighted by atomic mass is 32.2. The fourth-order valence-corrected chi connectivity index (χ4v) is 5.36. The average Bonchev–Trinajstić information content (AvgIpc) is 2.98. The molecule has 0 fully saturated rings. The minimum absolute atomic E-state index is 0.0334. The molecule has 1 aliphatic rings. The lowest BCUT2D eigenvalue weighted by Gasteiger charge is -2.20. The summed E-state index contributed by atoms with van der Waals surface area (Å²) in [7, 11) is 1.75. The van der Waals surface area contributed by atoms with Gasteiger partial charge in [0.2, 0.25) is 5.91 Å². The number of hydrogen-bond acceptors (Lipinski definition) is 6. The first-order valence-electron chi connectivity index (χ1n) is 8.15. The first-order chi connectivity index (χ1) is 11.6. The van der Waals surface area contributed by atoms with Crippen LogP contribution < -0.4 is 0 Å². The van der Waals surface area contributed by atoms with Crippen LogP contribution in [0.3, 0.4) is 0 Å². The van der Waals surface area contributed by atoms with E-state index in [1.54, 1.807) is 29.6 Å². The second-order valence-electron chi connectivity index (χ2n) is 6.00. The van der Waals surface area contributed by atoms with Crippen LogP contribution in [0.2, 0.25) is 0 Å². The van der Waals surface area contributed by atoms with Gasteiger partial charge in [0.1, 0.15) is 16.2 Å². The minimum atomic E-state index is -0.231. The maximum atomic E-state index is 12.5. The van der Waals surface area contributed by atoms with Gasteiger partial charge in [-0.25, -0.2) is 9.97 Å². The Morgan fingerprint density at radius 3 is 3.04 bits per heavy atom.